The van der Waals surface area contributed by atoms with Gasteiger partial charge in [-0.05, 0) is 49.1 Å². The SMILES string of the molecule is CCOC(=O)C1=C(C)N=C2SC=CN2[C@H]1c1ccc(OCc2c(F)cccc2Cl)c(OC)c1. The minimum Gasteiger partial charge on any atom is -0.493 e. The zero-order valence-corrected chi connectivity index (χ0v) is 19.9. The van der Waals surface area contributed by atoms with Crippen molar-refractivity contribution in [2.45, 2.75) is 26.5 Å². The van der Waals surface area contributed by atoms with Crippen LogP contribution in [0.5, 0.6) is 11.5 Å². The molecule has 2 aromatic rings. The summed E-state index contributed by atoms with van der Waals surface area (Å²) in [4.78, 5) is 19.3. The molecule has 4 rings (SSSR count). The lowest BCUT2D eigenvalue weighted by molar-refractivity contribution is -0.139. The number of benzene rings is 2. The Morgan fingerprint density at radius 3 is 2.82 bits per heavy atom. The molecule has 0 saturated heterocycles. The van der Waals surface area contributed by atoms with E-state index in [0.717, 1.165) is 10.7 Å². The van der Waals surface area contributed by atoms with Gasteiger partial charge >= 0.3 is 5.97 Å². The van der Waals surface area contributed by atoms with Crippen molar-refractivity contribution in [3.05, 3.63) is 81.2 Å². The van der Waals surface area contributed by atoms with E-state index in [1.54, 1.807) is 38.1 Å². The zero-order valence-electron chi connectivity index (χ0n) is 18.3. The number of fused-ring (bicyclic) bond motifs is 1. The molecule has 2 aliphatic heterocycles. The van der Waals surface area contributed by atoms with Gasteiger partial charge in [0.2, 0.25) is 0 Å². The Labute approximate surface area is 200 Å². The quantitative estimate of drug-likeness (QED) is 0.457. The van der Waals surface area contributed by atoms with Gasteiger partial charge in [-0.3, -0.25) is 0 Å². The molecule has 172 valence electrons. The van der Waals surface area contributed by atoms with Crippen LogP contribution in [0.3, 0.4) is 0 Å². The number of esters is 1. The number of hydrogen-bond donors (Lipinski definition) is 0. The largest absolute Gasteiger partial charge is 0.493 e. The Bertz CT molecular complexity index is 1160. The number of ether oxygens (including phenoxy) is 3. The average molecular weight is 489 g/mol. The van der Waals surface area contributed by atoms with Crippen LogP contribution >= 0.6 is 23.4 Å². The van der Waals surface area contributed by atoms with Crippen molar-refractivity contribution < 1.29 is 23.4 Å². The Morgan fingerprint density at radius 1 is 1.27 bits per heavy atom. The van der Waals surface area contributed by atoms with Crippen molar-refractivity contribution in [1.82, 2.24) is 4.90 Å². The summed E-state index contributed by atoms with van der Waals surface area (Å²) in [6.45, 7) is 3.77. The minimum atomic E-state index is -0.440. The zero-order chi connectivity index (χ0) is 23.5. The smallest absolute Gasteiger partial charge is 0.338 e. The normalized spacial score (nSPS) is 17.1. The Morgan fingerprint density at radius 2 is 2.09 bits per heavy atom. The van der Waals surface area contributed by atoms with Crippen LogP contribution in [0, 0.1) is 5.82 Å². The third kappa shape index (κ3) is 4.58. The Hall–Kier alpha value is -2.97. The molecule has 2 aromatic carbocycles. The Balaban J connectivity index is 1.67. The van der Waals surface area contributed by atoms with E-state index < -0.39 is 17.8 Å². The maximum atomic E-state index is 14.1. The van der Waals surface area contributed by atoms with Crippen molar-refractivity contribution in [3.8, 4) is 11.5 Å². The van der Waals surface area contributed by atoms with Gasteiger partial charge < -0.3 is 19.1 Å². The summed E-state index contributed by atoms with van der Waals surface area (Å²) in [6, 6.07) is 9.43. The van der Waals surface area contributed by atoms with Gasteiger partial charge in [-0.1, -0.05) is 35.5 Å². The van der Waals surface area contributed by atoms with E-state index in [1.807, 2.05) is 22.6 Å². The number of methoxy groups -OCH3 is 1. The fraction of sp³-hybridized carbons (Fsp3) is 0.250. The minimum absolute atomic E-state index is 0.0555. The molecule has 0 unspecified atom stereocenters. The van der Waals surface area contributed by atoms with Gasteiger partial charge in [0.15, 0.2) is 16.7 Å². The molecule has 33 heavy (non-hydrogen) atoms. The lowest BCUT2D eigenvalue weighted by Crippen LogP contribution is -2.34. The number of aliphatic imine (C=N–C) groups is 1. The maximum absolute atomic E-state index is 14.1. The van der Waals surface area contributed by atoms with E-state index in [9.17, 15) is 9.18 Å². The van der Waals surface area contributed by atoms with Gasteiger partial charge in [0.25, 0.3) is 0 Å². The topological polar surface area (TPSA) is 60.4 Å². The first kappa shape index (κ1) is 23.2. The fourth-order valence-corrected chi connectivity index (χ4v) is 4.70. The van der Waals surface area contributed by atoms with Crippen molar-refractivity contribution in [3.63, 3.8) is 0 Å². The van der Waals surface area contributed by atoms with Gasteiger partial charge in [0, 0.05) is 11.8 Å². The standard InChI is InChI=1S/C24H22ClFN2O4S/c1-4-31-23(29)21-14(2)27-24-28(10-11-33-24)22(21)15-8-9-19(20(12-15)30-3)32-13-16-17(25)6-5-7-18(16)26/h5-12,22H,4,13H2,1-3H3/t22-/m0/s1. The number of nitrogens with zero attached hydrogens (tertiary/aromatic N) is 2. The van der Waals surface area contributed by atoms with Gasteiger partial charge in [0.1, 0.15) is 12.4 Å². The molecule has 0 amide bonds. The van der Waals surface area contributed by atoms with Crippen molar-refractivity contribution in [1.29, 1.82) is 0 Å². The molecule has 9 heteroatoms. The van der Waals surface area contributed by atoms with Crippen LogP contribution in [0.25, 0.3) is 0 Å². The number of allylic oxidation sites excluding steroid dienone is 1. The predicted octanol–water partition coefficient (Wildman–Crippen LogP) is 5.83. The molecule has 2 aliphatic rings. The van der Waals surface area contributed by atoms with Crippen molar-refractivity contribution in [2.75, 3.05) is 13.7 Å². The molecule has 0 bridgehead atoms. The first-order valence-electron chi connectivity index (χ1n) is 10.3. The first-order valence-corrected chi connectivity index (χ1v) is 11.5. The lowest BCUT2D eigenvalue weighted by atomic mass is 9.94. The van der Waals surface area contributed by atoms with Crippen LogP contribution in [-0.4, -0.2) is 29.8 Å². The summed E-state index contributed by atoms with van der Waals surface area (Å²) in [5.41, 5.74) is 2.13. The predicted molar refractivity (Wildman–Crippen MR) is 127 cm³/mol. The highest BCUT2D eigenvalue weighted by molar-refractivity contribution is 8.16. The number of halogens is 2. The van der Waals surface area contributed by atoms with Crippen LogP contribution in [0.2, 0.25) is 5.02 Å². The summed E-state index contributed by atoms with van der Waals surface area (Å²) in [5, 5.41) is 2.98. The van der Waals surface area contributed by atoms with Crippen molar-refractivity contribution in [2.24, 2.45) is 4.99 Å². The number of thioether (sulfide) groups is 1. The molecule has 0 spiro atoms. The number of rotatable bonds is 7. The molecule has 1 atom stereocenters. The summed E-state index contributed by atoms with van der Waals surface area (Å²) < 4.78 is 30.8. The van der Waals surface area contributed by atoms with E-state index >= 15 is 0 Å². The second-order valence-corrected chi connectivity index (χ2v) is 8.51. The monoisotopic (exact) mass is 488 g/mol. The van der Waals surface area contributed by atoms with Crippen LogP contribution in [0.1, 0.15) is 31.0 Å². The van der Waals surface area contributed by atoms with E-state index in [4.69, 9.17) is 25.8 Å². The maximum Gasteiger partial charge on any atom is 0.338 e. The van der Waals surface area contributed by atoms with Crippen LogP contribution < -0.4 is 9.47 Å². The number of carbonyl (C=O) groups is 1. The molecule has 0 radical (unpaired) electrons. The second kappa shape index (κ2) is 9.89. The van der Waals surface area contributed by atoms with Crippen LogP contribution in [-0.2, 0) is 16.1 Å². The molecule has 2 heterocycles. The Kier molecular flexibility index (Phi) is 6.95. The van der Waals surface area contributed by atoms with Crippen LogP contribution in [0.4, 0.5) is 4.39 Å². The summed E-state index contributed by atoms with van der Waals surface area (Å²) >= 11 is 7.59. The third-order valence-corrected chi connectivity index (χ3v) is 6.38. The number of amidine groups is 1. The first-order chi connectivity index (χ1) is 15.9. The van der Waals surface area contributed by atoms with E-state index in [1.165, 1.54) is 24.9 Å². The molecular formula is C24H22ClFN2O4S. The summed E-state index contributed by atoms with van der Waals surface area (Å²) in [6.07, 6.45) is 1.89. The van der Waals surface area contributed by atoms with E-state index in [0.29, 0.717) is 22.8 Å². The molecule has 0 aromatic heterocycles. The van der Waals surface area contributed by atoms with E-state index in [2.05, 4.69) is 4.99 Å². The second-order valence-electron chi connectivity index (χ2n) is 7.23. The van der Waals surface area contributed by atoms with Gasteiger partial charge in [-0.2, -0.15) is 0 Å². The molecular weight excluding hydrogens is 467 g/mol. The molecule has 0 N–H and O–H groups in total. The highest BCUT2D eigenvalue weighted by atomic mass is 35.5. The van der Waals surface area contributed by atoms with Gasteiger partial charge in [-0.25, -0.2) is 14.2 Å². The fourth-order valence-electron chi connectivity index (χ4n) is 3.69. The average Bonchev–Trinajstić information content (AvgIpc) is 3.26. The number of carbonyl (C=O) groups excluding carboxylic acids is 1. The molecule has 6 nitrogen and oxygen atoms in total. The molecule has 0 saturated carbocycles. The lowest BCUT2D eigenvalue weighted by Gasteiger charge is -2.33. The molecule has 0 fully saturated rings. The summed E-state index contributed by atoms with van der Waals surface area (Å²) in [7, 11) is 1.52. The van der Waals surface area contributed by atoms with Gasteiger partial charge in [0.05, 0.1) is 36.1 Å². The van der Waals surface area contributed by atoms with Gasteiger partial charge in [-0.15, -0.1) is 0 Å². The summed E-state index contributed by atoms with van der Waals surface area (Å²) in [5.74, 6) is 0.0161. The molecule has 0 aliphatic carbocycles. The number of hydrogen-bond acceptors (Lipinski definition) is 7. The highest BCUT2D eigenvalue weighted by Gasteiger charge is 2.37. The van der Waals surface area contributed by atoms with Crippen LogP contribution in [0.15, 0.2) is 64.3 Å². The van der Waals surface area contributed by atoms with E-state index in [-0.39, 0.29) is 23.8 Å². The van der Waals surface area contributed by atoms with Crippen molar-refractivity contribution >= 4 is 34.5 Å². The highest BCUT2D eigenvalue weighted by Crippen LogP contribution is 2.43. The third-order valence-electron chi connectivity index (χ3n) is 5.25.